The summed E-state index contributed by atoms with van der Waals surface area (Å²) in [5, 5.41) is 9.01. The summed E-state index contributed by atoms with van der Waals surface area (Å²) in [6.45, 7) is 2.19. The van der Waals surface area contributed by atoms with E-state index in [9.17, 15) is 0 Å². The maximum absolute atomic E-state index is 9.01. The number of hydrogen-bond donors (Lipinski definition) is 0. The molecule has 0 saturated carbocycles. The fourth-order valence-corrected chi connectivity index (χ4v) is 2.80. The first-order valence-corrected chi connectivity index (χ1v) is 5.98. The van der Waals surface area contributed by atoms with Gasteiger partial charge >= 0.3 is 0 Å². The molecule has 3 rings (SSSR count). The van der Waals surface area contributed by atoms with Crippen LogP contribution in [-0.4, -0.2) is 35.0 Å². The maximum atomic E-state index is 9.01. The number of nitriles is 1. The Morgan fingerprint density at radius 2 is 2.47 bits per heavy atom. The minimum atomic E-state index is -0.125. The zero-order chi connectivity index (χ0) is 11.7. The second-order valence-electron chi connectivity index (χ2n) is 4.75. The first-order valence-electron chi connectivity index (χ1n) is 5.98. The largest absolute Gasteiger partial charge is 0.378 e. The normalized spacial score (nSPS) is 32.8. The quantitative estimate of drug-likeness (QED) is 0.732. The van der Waals surface area contributed by atoms with Gasteiger partial charge in [-0.3, -0.25) is 0 Å². The van der Waals surface area contributed by atoms with Gasteiger partial charge in [-0.1, -0.05) is 0 Å². The summed E-state index contributed by atoms with van der Waals surface area (Å²) in [5.74, 6) is 0.492. The van der Waals surface area contributed by atoms with Gasteiger partial charge in [0.05, 0.1) is 12.2 Å². The van der Waals surface area contributed by atoms with Crippen LogP contribution in [0.2, 0.25) is 0 Å². The first kappa shape index (κ1) is 10.8. The molecule has 5 nitrogen and oxygen atoms in total. The number of aromatic nitrogens is 2. The molecule has 1 aromatic heterocycles. The van der Waals surface area contributed by atoms with Crippen molar-refractivity contribution in [2.45, 2.75) is 30.9 Å². The van der Waals surface area contributed by atoms with Crippen LogP contribution in [0.15, 0.2) is 12.4 Å². The van der Waals surface area contributed by atoms with E-state index in [1.54, 1.807) is 6.20 Å². The van der Waals surface area contributed by atoms with Gasteiger partial charge in [0.25, 0.3) is 0 Å². The van der Waals surface area contributed by atoms with Crippen LogP contribution >= 0.6 is 0 Å². The summed E-state index contributed by atoms with van der Waals surface area (Å²) in [6, 6.07) is 2.44. The predicted molar refractivity (Wildman–Crippen MR) is 59.3 cm³/mol. The van der Waals surface area contributed by atoms with E-state index in [1.165, 1.54) is 0 Å². The zero-order valence-corrected chi connectivity index (χ0v) is 9.63. The number of rotatable bonds is 1. The van der Waals surface area contributed by atoms with Crippen LogP contribution in [0.5, 0.6) is 0 Å². The number of imidazole rings is 1. The highest BCUT2D eigenvalue weighted by molar-refractivity contribution is 5.13. The van der Waals surface area contributed by atoms with Gasteiger partial charge in [0.2, 0.25) is 5.82 Å². The molecule has 0 radical (unpaired) electrons. The summed E-state index contributed by atoms with van der Waals surface area (Å²) in [7, 11) is 0. The lowest BCUT2D eigenvalue weighted by Gasteiger charge is -2.37. The van der Waals surface area contributed by atoms with Crippen LogP contribution in [0, 0.1) is 11.3 Å². The smallest absolute Gasteiger partial charge is 0.212 e. The topological polar surface area (TPSA) is 60.1 Å². The Bertz CT molecular complexity index is 443. The molecular weight excluding hydrogens is 218 g/mol. The molecule has 2 aliphatic heterocycles. The Morgan fingerprint density at radius 1 is 1.53 bits per heavy atom. The van der Waals surface area contributed by atoms with Gasteiger partial charge in [-0.15, -0.1) is 0 Å². The molecule has 0 aliphatic carbocycles. The van der Waals surface area contributed by atoms with Crippen molar-refractivity contribution in [3.05, 3.63) is 18.2 Å². The van der Waals surface area contributed by atoms with Crippen molar-refractivity contribution in [3.63, 3.8) is 0 Å². The summed E-state index contributed by atoms with van der Waals surface area (Å²) in [4.78, 5) is 4.05. The average Bonchev–Trinajstić information content (AvgIpc) is 2.98. The van der Waals surface area contributed by atoms with E-state index < -0.39 is 0 Å². The van der Waals surface area contributed by atoms with Crippen LogP contribution in [0.1, 0.15) is 31.1 Å². The molecule has 0 bridgehead atoms. The van der Waals surface area contributed by atoms with E-state index in [-0.39, 0.29) is 5.60 Å². The first-order chi connectivity index (χ1) is 8.33. The van der Waals surface area contributed by atoms with E-state index in [0.717, 1.165) is 32.5 Å². The van der Waals surface area contributed by atoms with E-state index in [2.05, 4.69) is 11.1 Å². The SMILES string of the molecule is N#Cc1nccn1C1CCOC2(CCOC2)C1. The second kappa shape index (κ2) is 4.13. The van der Waals surface area contributed by atoms with Crippen molar-refractivity contribution in [2.75, 3.05) is 19.8 Å². The Morgan fingerprint density at radius 3 is 3.24 bits per heavy atom. The molecule has 0 aromatic carbocycles. The van der Waals surface area contributed by atoms with Gasteiger partial charge in [0.15, 0.2) is 0 Å². The number of nitrogens with zero attached hydrogens (tertiary/aromatic N) is 3. The van der Waals surface area contributed by atoms with Crippen LogP contribution in [-0.2, 0) is 9.47 Å². The highest BCUT2D eigenvalue weighted by Gasteiger charge is 2.41. The van der Waals surface area contributed by atoms with Crippen LogP contribution in [0.25, 0.3) is 0 Å². The fraction of sp³-hybridized carbons (Fsp3) is 0.667. The number of ether oxygens (including phenoxy) is 2. The van der Waals surface area contributed by atoms with Gasteiger partial charge in [-0.05, 0) is 12.8 Å². The highest BCUT2D eigenvalue weighted by atomic mass is 16.6. The van der Waals surface area contributed by atoms with E-state index in [1.807, 2.05) is 10.8 Å². The van der Waals surface area contributed by atoms with Gasteiger partial charge in [-0.25, -0.2) is 4.98 Å². The third-order valence-electron chi connectivity index (χ3n) is 3.70. The molecule has 1 spiro atoms. The molecule has 2 unspecified atom stereocenters. The molecule has 0 N–H and O–H groups in total. The van der Waals surface area contributed by atoms with Crippen molar-refractivity contribution >= 4 is 0 Å². The Labute approximate surface area is 100.0 Å². The third kappa shape index (κ3) is 1.84. The molecule has 2 fully saturated rings. The Hall–Kier alpha value is -1.38. The summed E-state index contributed by atoms with van der Waals surface area (Å²) >= 11 is 0. The molecule has 17 heavy (non-hydrogen) atoms. The van der Waals surface area contributed by atoms with Crippen LogP contribution in [0.4, 0.5) is 0 Å². The van der Waals surface area contributed by atoms with Gasteiger partial charge < -0.3 is 14.0 Å². The van der Waals surface area contributed by atoms with Gasteiger partial charge in [0.1, 0.15) is 6.07 Å². The molecule has 2 atom stereocenters. The molecule has 90 valence electrons. The lowest BCUT2D eigenvalue weighted by molar-refractivity contribution is -0.0949. The van der Waals surface area contributed by atoms with E-state index >= 15 is 0 Å². The summed E-state index contributed by atoms with van der Waals surface area (Å²) < 4.78 is 13.3. The standard InChI is InChI=1S/C12H15N3O2/c13-8-11-14-3-4-15(11)10-1-5-17-12(7-10)2-6-16-9-12/h3-4,10H,1-2,5-7,9H2. The minimum Gasteiger partial charge on any atom is -0.378 e. The number of hydrogen-bond acceptors (Lipinski definition) is 4. The molecule has 5 heteroatoms. The van der Waals surface area contributed by atoms with Crippen molar-refractivity contribution in [1.29, 1.82) is 5.26 Å². The van der Waals surface area contributed by atoms with E-state index in [4.69, 9.17) is 14.7 Å². The zero-order valence-electron chi connectivity index (χ0n) is 9.63. The summed E-state index contributed by atoms with van der Waals surface area (Å²) in [5.41, 5.74) is -0.125. The van der Waals surface area contributed by atoms with Crippen molar-refractivity contribution in [3.8, 4) is 6.07 Å². The van der Waals surface area contributed by atoms with Crippen molar-refractivity contribution in [2.24, 2.45) is 0 Å². The third-order valence-corrected chi connectivity index (χ3v) is 3.70. The van der Waals surface area contributed by atoms with E-state index in [0.29, 0.717) is 18.5 Å². The molecule has 0 amide bonds. The average molecular weight is 233 g/mol. The van der Waals surface area contributed by atoms with Crippen molar-refractivity contribution in [1.82, 2.24) is 9.55 Å². The van der Waals surface area contributed by atoms with Gasteiger partial charge in [0, 0.05) is 38.1 Å². The maximum Gasteiger partial charge on any atom is 0.212 e. The Kier molecular flexibility index (Phi) is 2.61. The molecule has 1 aromatic rings. The molecule has 3 heterocycles. The highest BCUT2D eigenvalue weighted by Crippen LogP contribution is 2.38. The second-order valence-corrected chi connectivity index (χ2v) is 4.75. The monoisotopic (exact) mass is 233 g/mol. The van der Waals surface area contributed by atoms with Crippen molar-refractivity contribution < 1.29 is 9.47 Å². The molecule has 2 saturated heterocycles. The lowest BCUT2D eigenvalue weighted by atomic mass is 9.89. The van der Waals surface area contributed by atoms with Gasteiger partial charge in [-0.2, -0.15) is 5.26 Å². The minimum absolute atomic E-state index is 0.125. The van der Waals surface area contributed by atoms with Crippen LogP contribution in [0.3, 0.4) is 0 Å². The van der Waals surface area contributed by atoms with Crippen LogP contribution < -0.4 is 0 Å². The molecule has 2 aliphatic rings. The summed E-state index contributed by atoms with van der Waals surface area (Å²) in [6.07, 6.45) is 6.38. The lowest BCUT2D eigenvalue weighted by Crippen LogP contribution is -2.41. The fourth-order valence-electron chi connectivity index (χ4n) is 2.80. The molecular formula is C12H15N3O2. The Balaban J connectivity index is 1.82. The predicted octanol–water partition coefficient (Wildman–Crippen LogP) is 1.27.